The zero-order valence-corrected chi connectivity index (χ0v) is 11.3. The number of aromatic nitrogens is 2. The lowest BCUT2D eigenvalue weighted by Crippen LogP contribution is -2.15. The fourth-order valence-electron chi connectivity index (χ4n) is 2.92. The minimum atomic E-state index is -0.183. The Balaban J connectivity index is 2.10. The van der Waals surface area contributed by atoms with Crippen molar-refractivity contribution in [2.75, 3.05) is 13.1 Å². The molecule has 1 atom stereocenters. The molecule has 0 radical (unpaired) electrons. The highest BCUT2D eigenvalue weighted by molar-refractivity contribution is 5.69. The molecular weight excluding hydrogens is 241 g/mol. The molecule has 1 aromatic carbocycles. The van der Waals surface area contributed by atoms with Gasteiger partial charge in [0.05, 0.1) is 11.7 Å². The van der Waals surface area contributed by atoms with Gasteiger partial charge in [-0.15, -0.1) is 0 Å². The van der Waals surface area contributed by atoms with Crippen LogP contribution in [0, 0.1) is 19.7 Å². The summed E-state index contributed by atoms with van der Waals surface area (Å²) in [6.07, 6.45) is 1.08. The number of rotatable bonds is 2. The first-order valence-corrected chi connectivity index (χ1v) is 6.70. The Morgan fingerprint density at radius 3 is 2.79 bits per heavy atom. The van der Waals surface area contributed by atoms with E-state index >= 15 is 0 Å². The summed E-state index contributed by atoms with van der Waals surface area (Å²) in [5.74, 6) is -0.183. The van der Waals surface area contributed by atoms with Gasteiger partial charge in [-0.25, -0.2) is 4.39 Å². The van der Waals surface area contributed by atoms with Gasteiger partial charge in [-0.3, -0.25) is 4.68 Å². The Hall–Kier alpha value is -1.68. The molecule has 2 heterocycles. The highest BCUT2D eigenvalue weighted by Gasteiger charge is 2.23. The number of nitrogens with one attached hydrogen (secondary N) is 1. The van der Waals surface area contributed by atoms with E-state index in [1.165, 1.54) is 6.07 Å². The van der Waals surface area contributed by atoms with Crippen LogP contribution in [0.5, 0.6) is 0 Å². The number of hydrogen-bond acceptors (Lipinski definition) is 2. The van der Waals surface area contributed by atoms with E-state index in [0.29, 0.717) is 11.6 Å². The summed E-state index contributed by atoms with van der Waals surface area (Å²) in [6.45, 7) is 5.95. The lowest BCUT2D eigenvalue weighted by Gasteiger charge is -2.12. The standard InChI is InChI=1S/C15H18FN3/c1-10-15(13-5-3-4-6-14(13)16)11(2)19(18-10)12-7-8-17-9-12/h3-6,12,17H,7-9H2,1-2H3. The van der Waals surface area contributed by atoms with Crippen LogP contribution in [0.3, 0.4) is 0 Å². The van der Waals surface area contributed by atoms with Crippen molar-refractivity contribution in [2.45, 2.75) is 26.3 Å². The first-order chi connectivity index (χ1) is 9.18. The molecule has 0 amide bonds. The van der Waals surface area contributed by atoms with Crippen molar-refractivity contribution in [3.05, 3.63) is 41.5 Å². The van der Waals surface area contributed by atoms with E-state index in [9.17, 15) is 4.39 Å². The molecule has 1 N–H and O–H groups in total. The molecule has 100 valence electrons. The highest BCUT2D eigenvalue weighted by atomic mass is 19.1. The minimum Gasteiger partial charge on any atom is -0.315 e. The lowest BCUT2D eigenvalue weighted by atomic mass is 10.0. The van der Waals surface area contributed by atoms with Crippen LogP contribution in [0.4, 0.5) is 4.39 Å². The van der Waals surface area contributed by atoms with Crippen LogP contribution in [0.1, 0.15) is 23.9 Å². The van der Waals surface area contributed by atoms with Gasteiger partial charge in [-0.05, 0) is 32.9 Å². The van der Waals surface area contributed by atoms with Crippen molar-refractivity contribution in [1.82, 2.24) is 15.1 Å². The molecule has 4 heteroatoms. The molecule has 1 aliphatic rings. The van der Waals surface area contributed by atoms with Crippen molar-refractivity contribution in [2.24, 2.45) is 0 Å². The highest BCUT2D eigenvalue weighted by Crippen LogP contribution is 2.31. The van der Waals surface area contributed by atoms with E-state index in [1.54, 1.807) is 6.07 Å². The lowest BCUT2D eigenvalue weighted by molar-refractivity contribution is 0.477. The number of aryl methyl sites for hydroxylation is 1. The van der Waals surface area contributed by atoms with Crippen LogP contribution >= 0.6 is 0 Å². The molecule has 2 aromatic rings. The van der Waals surface area contributed by atoms with E-state index in [0.717, 1.165) is 36.5 Å². The average molecular weight is 259 g/mol. The molecule has 0 bridgehead atoms. The molecule has 0 spiro atoms. The van der Waals surface area contributed by atoms with Crippen LogP contribution in [0.25, 0.3) is 11.1 Å². The maximum atomic E-state index is 14.0. The van der Waals surface area contributed by atoms with Crippen LogP contribution in [-0.2, 0) is 0 Å². The minimum absolute atomic E-state index is 0.183. The number of hydrogen-bond donors (Lipinski definition) is 1. The Morgan fingerprint density at radius 2 is 2.11 bits per heavy atom. The van der Waals surface area contributed by atoms with Gasteiger partial charge in [0.2, 0.25) is 0 Å². The zero-order chi connectivity index (χ0) is 13.4. The quantitative estimate of drug-likeness (QED) is 0.898. The van der Waals surface area contributed by atoms with E-state index < -0.39 is 0 Å². The van der Waals surface area contributed by atoms with Crippen molar-refractivity contribution in [3.63, 3.8) is 0 Å². The molecule has 3 nitrogen and oxygen atoms in total. The van der Waals surface area contributed by atoms with Gasteiger partial charge in [0.25, 0.3) is 0 Å². The van der Waals surface area contributed by atoms with Gasteiger partial charge in [0.15, 0.2) is 0 Å². The normalized spacial score (nSPS) is 19.0. The number of nitrogens with zero attached hydrogens (tertiary/aromatic N) is 2. The van der Waals surface area contributed by atoms with Crippen molar-refractivity contribution in [3.8, 4) is 11.1 Å². The van der Waals surface area contributed by atoms with Gasteiger partial charge >= 0.3 is 0 Å². The Labute approximate surface area is 112 Å². The first kappa shape index (κ1) is 12.4. The molecule has 1 aromatic heterocycles. The van der Waals surface area contributed by atoms with Crippen LogP contribution in [0.15, 0.2) is 24.3 Å². The zero-order valence-electron chi connectivity index (χ0n) is 11.3. The van der Waals surface area contributed by atoms with Crippen molar-refractivity contribution in [1.29, 1.82) is 0 Å². The molecule has 1 unspecified atom stereocenters. The summed E-state index contributed by atoms with van der Waals surface area (Å²) in [4.78, 5) is 0. The molecular formula is C15H18FN3. The van der Waals surface area contributed by atoms with Gasteiger partial charge in [-0.2, -0.15) is 5.10 Å². The molecule has 1 fully saturated rings. The maximum absolute atomic E-state index is 14.0. The predicted octanol–water partition coefficient (Wildman–Crippen LogP) is 2.84. The fraction of sp³-hybridized carbons (Fsp3) is 0.400. The summed E-state index contributed by atoms with van der Waals surface area (Å²) >= 11 is 0. The van der Waals surface area contributed by atoms with Gasteiger partial charge < -0.3 is 5.32 Å². The topological polar surface area (TPSA) is 29.9 Å². The summed E-state index contributed by atoms with van der Waals surface area (Å²) in [7, 11) is 0. The molecule has 1 aliphatic heterocycles. The number of halogens is 1. The Morgan fingerprint density at radius 1 is 1.32 bits per heavy atom. The van der Waals surface area contributed by atoms with E-state index in [1.807, 2.05) is 26.0 Å². The second kappa shape index (κ2) is 4.78. The first-order valence-electron chi connectivity index (χ1n) is 6.70. The van der Waals surface area contributed by atoms with Gasteiger partial charge in [-0.1, -0.05) is 18.2 Å². The summed E-state index contributed by atoms with van der Waals surface area (Å²) < 4.78 is 16.0. The van der Waals surface area contributed by atoms with E-state index in [2.05, 4.69) is 15.1 Å². The third kappa shape index (κ3) is 2.06. The van der Waals surface area contributed by atoms with Gasteiger partial charge in [0, 0.05) is 23.4 Å². The van der Waals surface area contributed by atoms with E-state index in [4.69, 9.17) is 0 Å². The monoisotopic (exact) mass is 259 g/mol. The SMILES string of the molecule is Cc1nn(C2CCNC2)c(C)c1-c1ccccc1F. The van der Waals surface area contributed by atoms with Crippen molar-refractivity contribution >= 4 is 0 Å². The van der Waals surface area contributed by atoms with E-state index in [-0.39, 0.29) is 5.82 Å². The van der Waals surface area contributed by atoms with Crippen LogP contribution in [-0.4, -0.2) is 22.9 Å². The average Bonchev–Trinajstić information content (AvgIpc) is 3.00. The summed E-state index contributed by atoms with van der Waals surface area (Å²) in [6, 6.07) is 7.30. The Bertz CT molecular complexity index is 597. The second-order valence-corrected chi connectivity index (χ2v) is 5.12. The predicted molar refractivity (Wildman–Crippen MR) is 73.6 cm³/mol. The smallest absolute Gasteiger partial charge is 0.131 e. The van der Waals surface area contributed by atoms with Gasteiger partial charge in [0.1, 0.15) is 5.82 Å². The molecule has 0 aliphatic carbocycles. The Kier molecular flexibility index (Phi) is 3.11. The molecule has 3 rings (SSSR count). The third-order valence-corrected chi connectivity index (χ3v) is 3.85. The largest absolute Gasteiger partial charge is 0.315 e. The maximum Gasteiger partial charge on any atom is 0.131 e. The molecule has 0 saturated carbocycles. The van der Waals surface area contributed by atoms with Crippen LogP contribution in [0.2, 0.25) is 0 Å². The summed E-state index contributed by atoms with van der Waals surface area (Å²) in [5, 5.41) is 7.96. The molecule has 1 saturated heterocycles. The fourth-order valence-corrected chi connectivity index (χ4v) is 2.92. The second-order valence-electron chi connectivity index (χ2n) is 5.12. The third-order valence-electron chi connectivity index (χ3n) is 3.85. The molecule has 19 heavy (non-hydrogen) atoms. The number of benzene rings is 1. The van der Waals surface area contributed by atoms with Crippen LogP contribution < -0.4 is 5.32 Å². The van der Waals surface area contributed by atoms with Crippen molar-refractivity contribution < 1.29 is 4.39 Å². The summed E-state index contributed by atoms with van der Waals surface area (Å²) in [5.41, 5.74) is 3.53.